The van der Waals surface area contributed by atoms with Crippen LogP contribution in [0.25, 0.3) is 10.9 Å². The summed E-state index contributed by atoms with van der Waals surface area (Å²) in [4.78, 5) is 20.4. The molecule has 0 unspecified atom stereocenters. The minimum atomic E-state index is -0.179. The third-order valence-corrected chi connectivity index (χ3v) is 5.16. The summed E-state index contributed by atoms with van der Waals surface area (Å²) in [6, 6.07) is 4.36. The van der Waals surface area contributed by atoms with Gasteiger partial charge in [-0.1, -0.05) is 25.5 Å². The fourth-order valence-electron chi connectivity index (χ4n) is 3.64. The van der Waals surface area contributed by atoms with Crippen molar-refractivity contribution in [1.82, 2.24) is 25.1 Å². The van der Waals surface area contributed by atoms with Crippen LogP contribution in [0.3, 0.4) is 0 Å². The Morgan fingerprint density at radius 1 is 1.26 bits per heavy atom. The number of carbonyl (C=O) groups excluding carboxylic acids is 1. The van der Waals surface area contributed by atoms with E-state index in [-0.39, 0.29) is 11.8 Å². The molecule has 0 aliphatic carbocycles. The van der Waals surface area contributed by atoms with Gasteiger partial charge in [0.1, 0.15) is 11.6 Å². The van der Waals surface area contributed by atoms with E-state index < -0.39 is 0 Å². The van der Waals surface area contributed by atoms with E-state index >= 15 is 0 Å². The van der Waals surface area contributed by atoms with Crippen LogP contribution in [0.2, 0.25) is 0 Å². The maximum atomic E-state index is 12.6. The minimum absolute atomic E-state index is 0.0243. The van der Waals surface area contributed by atoms with E-state index in [1.807, 2.05) is 20.8 Å². The number of nitrogens with zero attached hydrogens (tertiary/aromatic N) is 3. The van der Waals surface area contributed by atoms with Gasteiger partial charge < -0.3 is 10.3 Å². The number of hydrogen-bond donors (Lipinski definition) is 2. The van der Waals surface area contributed by atoms with Gasteiger partial charge in [0.25, 0.3) is 0 Å². The van der Waals surface area contributed by atoms with Crippen molar-refractivity contribution in [2.24, 2.45) is 5.92 Å². The van der Waals surface area contributed by atoms with Gasteiger partial charge >= 0.3 is 0 Å². The normalized spacial score (nSPS) is 12.5. The molecule has 3 rings (SSSR count). The van der Waals surface area contributed by atoms with Crippen LogP contribution in [0, 0.1) is 33.6 Å². The standard InChI is InChI=1S/C21H29N5O/c1-7-19-14(4)18-9-12(2)8-17(20(18)24-19)10-22-21(27)13(3)11-26-16(6)23-15(5)25-26/h8-9,13,24H,7,10-11H2,1-6H3,(H,22,27)/t13-/m0/s1. The molecule has 0 radical (unpaired) electrons. The molecule has 1 amide bonds. The maximum Gasteiger partial charge on any atom is 0.224 e. The van der Waals surface area contributed by atoms with Crippen LogP contribution in [-0.2, 0) is 24.3 Å². The SMILES string of the molecule is CCc1[nH]c2c(CNC(=O)[C@@H](C)Cn3nc(C)nc3C)cc(C)cc2c1C. The molecule has 0 fully saturated rings. The third kappa shape index (κ3) is 3.89. The lowest BCUT2D eigenvalue weighted by Gasteiger charge is -2.14. The fourth-order valence-corrected chi connectivity index (χ4v) is 3.64. The highest BCUT2D eigenvalue weighted by Gasteiger charge is 2.17. The monoisotopic (exact) mass is 367 g/mol. The summed E-state index contributed by atoms with van der Waals surface area (Å²) in [5.74, 6) is 1.41. The molecule has 3 aromatic rings. The van der Waals surface area contributed by atoms with Crippen LogP contribution in [0.4, 0.5) is 0 Å². The lowest BCUT2D eigenvalue weighted by molar-refractivity contribution is -0.125. The summed E-state index contributed by atoms with van der Waals surface area (Å²) in [5, 5.41) is 8.68. The average Bonchev–Trinajstić information content (AvgIpc) is 3.11. The maximum absolute atomic E-state index is 12.6. The summed E-state index contributed by atoms with van der Waals surface area (Å²) in [6.07, 6.45) is 0.971. The first-order valence-corrected chi connectivity index (χ1v) is 9.56. The number of aromatic nitrogens is 4. The van der Waals surface area contributed by atoms with Gasteiger partial charge in [-0.25, -0.2) is 9.67 Å². The van der Waals surface area contributed by atoms with Crippen molar-refractivity contribution in [3.63, 3.8) is 0 Å². The number of benzene rings is 1. The van der Waals surface area contributed by atoms with E-state index in [0.717, 1.165) is 29.1 Å². The Balaban J connectivity index is 1.74. The Morgan fingerprint density at radius 3 is 2.63 bits per heavy atom. The first kappa shape index (κ1) is 19.1. The van der Waals surface area contributed by atoms with Crippen molar-refractivity contribution < 1.29 is 4.79 Å². The molecule has 1 aromatic carbocycles. The Bertz CT molecular complexity index is 982. The van der Waals surface area contributed by atoms with Crippen molar-refractivity contribution in [3.8, 4) is 0 Å². The van der Waals surface area contributed by atoms with Crippen molar-refractivity contribution in [2.45, 2.75) is 61.1 Å². The summed E-state index contributed by atoms with van der Waals surface area (Å²) in [7, 11) is 0. The highest BCUT2D eigenvalue weighted by molar-refractivity contribution is 5.88. The quantitative estimate of drug-likeness (QED) is 0.700. The van der Waals surface area contributed by atoms with Crippen molar-refractivity contribution in [1.29, 1.82) is 0 Å². The van der Waals surface area contributed by atoms with E-state index in [0.29, 0.717) is 13.1 Å². The molecule has 2 N–H and O–H groups in total. The van der Waals surface area contributed by atoms with E-state index in [2.05, 4.69) is 53.3 Å². The molecule has 27 heavy (non-hydrogen) atoms. The predicted molar refractivity (Wildman–Crippen MR) is 108 cm³/mol. The van der Waals surface area contributed by atoms with Crippen molar-refractivity contribution >= 4 is 16.8 Å². The fraction of sp³-hybridized carbons (Fsp3) is 0.476. The number of H-pyrrole nitrogens is 1. The van der Waals surface area contributed by atoms with Gasteiger partial charge in [0.2, 0.25) is 5.91 Å². The Hall–Kier alpha value is -2.63. The van der Waals surface area contributed by atoms with E-state index in [4.69, 9.17) is 0 Å². The van der Waals surface area contributed by atoms with Crippen LogP contribution < -0.4 is 5.32 Å². The molecule has 0 saturated carbocycles. The number of rotatable bonds is 6. The highest BCUT2D eigenvalue weighted by atomic mass is 16.1. The number of amides is 1. The first-order valence-electron chi connectivity index (χ1n) is 9.56. The van der Waals surface area contributed by atoms with Crippen LogP contribution in [-0.4, -0.2) is 25.7 Å². The number of fused-ring (bicyclic) bond motifs is 1. The summed E-state index contributed by atoms with van der Waals surface area (Å²) < 4.78 is 1.80. The summed E-state index contributed by atoms with van der Waals surface area (Å²) in [6.45, 7) is 13.1. The number of nitrogens with one attached hydrogen (secondary N) is 2. The Kier molecular flexibility index (Phi) is 5.35. The largest absolute Gasteiger partial charge is 0.358 e. The molecule has 2 heterocycles. The smallest absolute Gasteiger partial charge is 0.224 e. The molecule has 6 heteroatoms. The van der Waals surface area contributed by atoms with Crippen molar-refractivity contribution in [2.75, 3.05) is 0 Å². The number of carbonyl (C=O) groups is 1. The minimum Gasteiger partial charge on any atom is -0.358 e. The average molecular weight is 367 g/mol. The third-order valence-electron chi connectivity index (χ3n) is 5.16. The molecule has 0 aliphatic heterocycles. The van der Waals surface area contributed by atoms with E-state index in [1.54, 1.807) is 4.68 Å². The van der Waals surface area contributed by atoms with Gasteiger partial charge in [0.05, 0.1) is 18.0 Å². The van der Waals surface area contributed by atoms with E-state index in [1.165, 1.54) is 22.2 Å². The van der Waals surface area contributed by atoms with Gasteiger partial charge in [-0.15, -0.1) is 0 Å². The number of aromatic amines is 1. The van der Waals surface area contributed by atoms with Gasteiger partial charge in [0, 0.05) is 17.6 Å². The van der Waals surface area contributed by atoms with Crippen LogP contribution in [0.5, 0.6) is 0 Å². The lowest BCUT2D eigenvalue weighted by Crippen LogP contribution is -2.31. The van der Waals surface area contributed by atoms with Gasteiger partial charge in [-0.2, -0.15) is 5.10 Å². The van der Waals surface area contributed by atoms with Crippen LogP contribution in [0.15, 0.2) is 12.1 Å². The second-order valence-corrected chi connectivity index (χ2v) is 7.44. The van der Waals surface area contributed by atoms with E-state index in [9.17, 15) is 4.79 Å². The molecule has 0 spiro atoms. The summed E-state index contributed by atoms with van der Waals surface area (Å²) >= 11 is 0. The molecule has 2 aromatic heterocycles. The molecule has 0 aliphatic rings. The highest BCUT2D eigenvalue weighted by Crippen LogP contribution is 2.26. The summed E-state index contributed by atoms with van der Waals surface area (Å²) in [5.41, 5.74) is 6.02. The predicted octanol–water partition coefficient (Wildman–Crippen LogP) is 3.51. The number of aryl methyl sites for hydroxylation is 5. The zero-order valence-electron chi connectivity index (χ0n) is 17.1. The molecule has 0 bridgehead atoms. The Labute approximate surface area is 160 Å². The van der Waals surface area contributed by atoms with Gasteiger partial charge in [0.15, 0.2) is 0 Å². The van der Waals surface area contributed by atoms with Gasteiger partial charge in [-0.05, 0) is 51.3 Å². The van der Waals surface area contributed by atoms with Gasteiger partial charge in [-0.3, -0.25) is 4.79 Å². The lowest BCUT2D eigenvalue weighted by atomic mass is 10.0. The second-order valence-electron chi connectivity index (χ2n) is 7.44. The van der Waals surface area contributed by atoms with Crippen molar-refractivity contribution in [3.05, 3.63) is 46.2 Å². The molecule has 0 saturated heterocycles. The zero-order chi connectivity index (χ0) is 19.7. The Morgan fingerprint density at radius 2 is 2.00 bits per heavy atom. The zero-order valence-corrected chi connectivity index (χ0v) is 17.1. The molecule has 6 nitrogen and oxygen atoms in total. The van der Waals surface area contributed by atoms with Crippen LogP contribution >= 0.6 is 0 Å². The molecule has 1 atom stereocenters. The second kappa shape index (κ2) is 7.55. The number of hydrogen-bond acceptors (Lipinski definition) is 3. The molecule has 144 valence electrons. The molecular formula is C21H29N5O. The molecular weight excluding hydrogens is 338 g/mol. The van der Waals surface area contributed by atoms with Crippen LogP contribution in [0.1, 0.15) is 47.9 Å². The first-order chi connectivity index (χ1) is 12.8. The topological polar surface area (TPSA) is 75.6 Å².